The van der Waals surface area contributed by atoms with Crippen molar-refractivity contribution in [3.05, 3.63) is 26.9 Å². The summed E-state index contributed by atoms with van der Waals surface area (Å²) in [5, 5.41) is 10.8. The Morgan fingerprint density at radius 2 is 2.24 bits per heavy atom. The van der Waals surface area contributed by atoms with Crippen LogP contribution in [0.5, 0.6) is 5.88 Å². The third-order valence-electron chi connectivity index (χ3n) is 2.93. The van der Waals surface area contributed by atoms with E-state index in [-0.39, 0.29) is 11.6 Å². The van der Waals surface area contributed by atoms with Crippen molar-refractivity contribution in [2.24, 2.45) is 5.92 Å². The van der Waals surface area contributed by atoms with Gasteiger partial charge in [0.25, 0.3) is 5.88 Å². The summed E-state index contributed by atoms with van der Waals surface area (Å²) in [5.74, 6) is 0.630. The number of halogens is 1. The van der Waals surface area contributed by atoms with Crippen molar-refractivity contribution in [2.75, 3.05) is 6.61 Å². The third kappa shape index (κ3) is 3.15. The van der Waals surface area contributed by atoms with Gasteiger partial charge in [-0.2, -0.15) is 0 Å². The van der Waals surface area contributed by atoms with Crippen LogP contribution < -0.4 is 4.74 Å². The fourth-order valence-electron chi connectivity index (χ4n) is 2.03. The van der Waals surface area contributed by atoms with E-state index in [4.69, 9.17) is 4.74 Å². The maximum Gasteiger partial charge on any atom is 0.332 e. The summed E-state index contributed by atoms with van der Waals surface area (Å²) in [6.45, 7) is 0.523. The van der Waals surface area contributed by atoms with Crippen LogP contribution >= 0.6 is 15.9 Å². The van der Waals surface area contributed by atoms with Crippen molar-refractivity contribution >= 4 is 21.6 Å². The quantitative estimate of drug-likeness (QED) is 0.632. The highest BCUT2D eigenvalue weighted by molar-refractivity contribution is 9.10. The minimum atomic E-state index is -0.470. The number of pyridine rings is 1. The van der Waals surface area contributed by atoms with Crippen molar-refractivity contribution in [2.45, 2.75) is 25.7 Å². The predicted molar refractivity (Wildman–Crippen MR) is 66.0 cm³/mol. The van der Waals surface area contributed by atoms with E-state index in [1.807, 2.05) is 0 Å². The minimum absolute atomic E-state index is 0.0858. The molecule has 1 heterocycles. The van der Waals surface area contributed by atoms with E-state index < -0.39 is 4.92 Å². The molecule has 1 aromatic rings. The molecule has 92 valence electrons. The van der Waals surface area contributed by atoms with Crippen LogP contribution in [0.15, 0.2) is 16.7 Å². The molecular weight excluding hydrogens is 288 g/mol. The largest absolute Gasteiger partial charge is 0.473 e. The smallest absolute Gasteiger partial charge is 0.332 e. The van der Waals surface area contributed by atoms with E-state index in [1.165, 1.54) is 25.1 Å². The summed E-state index contributed by atoms with van der Waals surface area (Å²) in [4.78, 5) is 14.3. The standard InChI is InChI=1S/C11H13BrN2O3/c12-9-5-10(14(15)16)11(13-6-9)17-7-8-3-1-2-4-8/h5-6,8H,1-4,7H2. The number of nitrogens with zero attached hydrogens (tertiary/aromatic N) is 2. The van der Waals surface area contributed by atoms with Gasteiger partial charge in [-0.25, -0.2) is 4.98 Å². The molecule has 0 aromatic carbocycles. The molecule has 1 saturated carbocycles. The van der Waals surface area contributed by atoms with Gasteiger partial charge in [-0.15, -0.1) is 0 Å². The predicted octanol–water partition coefficient (Wildman–Crippen LogP) is 3.32. The molecule has 0 N–H and O–H groups in total. The Morgan fingerprint density at radius 1 is 1.53 bits per heavy atom. The molecule has 6 heteroatoms. The molecule has 1 aromatic heterocycles. The van der Waals surface area contributed by atoms with Crippen molar-refractivity contribution in [3.63, 3.8) is 0 Å². The third-order valence-corrected chi connectivity index (χ3v) is 3.36. The average molecular weight is 301 g/mol. The maximum absolute atomic E-state index is 10.8. The number of hydrogen-bond donors (Lipinski definition) is 0. The van der Waals surface area contributed by atoms with Crippen LogP contribution in [0.3, 0.4) is 0 Å². The minimum Gasteiger partial charge on any atom is -0.473 e. The second-order valence-electron chi connectivity index (χ2n) is 4.20. The zero-order chi connectivity index (χ0) is 12.3. The number of rotatable bonds is 4. The van der Waals surface area contributed by atoms with E-state index in [1.54, 1.807) is 0 Å². The van der Waals surface area contributed by atoms with E-state index in [2.05, 4.69) is 20.9 Å². The van der Waals surface area contributed by atoms with Crippen LogP contribution in [0.1, 0.15) is 25.7 Å². The maximum atomic E-state index is 10.8. The molecule has 0 amide bonds. The summed E-state index contributed by atoms with van der Waals surface area (Å²) in [7, 11) is 0. The Labute approximate surface area is 107 Å². The van der Waals surface area contributed by atoms with Crippen LogP contribution in [0.4, 0.5) is 5.69 Å². The molecule has 0 saturated heterocycles. The zero-order valence-corrected chi connectivity index (χ0v) is 10.9. The molecule has 1 aliphatic rings. The Bertz CT molecular complexity index is 419. The van der Waals surface area contributed by atoms with Crippen LogP contribution in [-0.4, -0.2) is 16.5 Å². The van der Waals surface area contributed by atoms with E-state index in [0.717, 1.165) is 12.8 Å². The second-order valence-corrected chi connectivity index (χ2v) is 5.11. The summed E-state index contributed by atoms with van der Waals surface area (Å²) in [5.41, 5.74) is -0.0858. The molecule has 0 unspecified atom stereocenters. The first-order chi connectivity index (χ1) is 8.16. The van der Waals surface area contributed by atoms with Crippen LogP contribution in [0.25, 0.3) is 0 Å². The van der Waals surface area contributed by atoms with Crippen molar-refractivity contribution in [3.8, 4) is 5.88 Å². The lowest BCUT2D eigenvalue weighted by molar-refractivity contribution is -0.386. The van der Waals surface area contributed by atoms with E-state index in [0.29, 0.717) is 17.0 Å². The second kappa shape index (κ2) is 5.44. The summed E-state index contributed by atoms with van der Waals surface area (Å²) in [6.07, 6.45) is 6.25. The first-order valence-corrected chi connectivity index (χ1v) is 6.39. The summed E-state index contributed by atoms with van der Waals surface area (Å²) < 4.78 is 6.04. The highest BCUT2D eigenvalue weighted by atomic mass is 79.9. The molecule has 1 fully saturated rings. The number of ether oxygens (including phenoxy) is 1. The lowest BCUT2D eigenvalue weighted by Gasteiger charge is -2.10. The molecule has 0 aliphatic heterocycles. The van der Waals surface area contributed by atoms with Gasteiger partial charge in [0, 0.05) is 16.7 Å². The topological polar surface area (TPSA) is 65.3 Å². The first kappa shape index (κ1) is 12.3. The molecule has 2 rings (SSSR count). The van der Waals surface area contributed by atoms with Gasteiger partial charge in [0.15, 0.2) is 0 Å². The fraction of sp³-hybridized carbons (Fsp3) is 0.545. The molecule has 0 radical (unpaired) electrons. The van der Waals surface area contributed by atoms with Gasteiger partial charge in [-0.1, -0.05) is 12.8 Å². The van der Waals surface area contributed by atoms with Gasteiger partial charge < -0.3 is 4.74 Å². The molecule has 17 heavy (non-hydrogen) atoms. The Kier molecular flexibility index (Phi) is 3.93. The number of aromatic nitrogens is 1. The van der Waals surface area contributed by atoms with Gasteiger partial charge in [-0.3, -0.25) is 10.1 Å². The molecule has 0 atom stereocenters. The van der Waals surface area contributed by atoms with Gasteiger partial charge in [0.05, 0.1) is 11.5 Å². The van der Waals surface area contributed by atoms with Crippen LogP contribution in [0.2, 0.25) is 0 Å². The van der Waals surface area contributed by atoms with Gasteiger partial charge >= 0.3 is 5.69 Å². The zero-order valence-electron chi connectivity index (χ0n) is 9.26. The molecular formula is C11H13BrN2O3. The summed E-state index contributed by atoms with van der Waals surface area (Å²) >= 11 is 3.16. The van der Waals surface area contributed by atoms with E-state index >= 15 is 0 Å². The van der Waals surface area contributed by atoms with Crippen LogP contribution in [0, 0.1) is 16.0 Å². The van der Waals surface area contributed by atoms with Crippen molar-refractivity contribution in [1.82, 2.24) is 4.98 Å². The SMILES string of the molecule is O=[N+]([O-])c1cc(Br)cnc1OCC1CCCC1. The number of nitro groups is 1. The van der Waals surface area contributed by atoms with Crippen molar-refractivity contribution < 1.29 is 9.66 Å². The van der Waals surface area contributed by atoms with Gasteiger partial charge in [-0.05, 0) is 34.7 Å². The van der Waals surface area contributed by atoms with E-state index in [9.17, 15) is 10.1 Å². The monoisotopic (exact) mass is 300 g/mol. The summed E-state index contributed by atoms with van der Waals surface area (Å²) in [6, 6.07) is 1.41. The number of hydrogen-bond acceptors (Lipinski definition) is 4. The Hall–Kier alpha value is -1.17. The Balaban J connectivity index is 2.06. The fourth-order valence-corrected chi connectivity index (χ4v) is 2.35. The van der Waals surface area contributed by atoms with Crippen molar-refractivity contribution in [1.29, 1.82) is 0 Å². The van der Waals surface area contributed by atoms with Gasteiger partial charge in [0.1, 0.15) is 0 Å². The first-order valence-electron chi connectivity index (χ1n) is 5.59. The highest BCUT2D eigenvalue weighted by Crippen LogP contribution is 2.30. The lowest BCUT2D eigenvalue weighted by atomic mass is 10.1. The normalized spacial score (nSPS) is 16.1. The lowest BCUT2D eigenvalue weighted by Crippen LogP contribution is -2.10. The highest BCUT2D eigenvalue weighted by Gasteiger charge is 2.20. The molecule has 5 nitrogen and oxygen atoms in total. The molecule has 0 spiro atoms. The van der Waals surface area contributed by atoms with Gasteiger partial charge in [0.2, 0.25) is 0 Å². The average Bonchev–Trinajstić information content (AvgIpc) is 2.80. The molecule has 1 aliphatic carbocycles. The van der Waals surface area contributed by atoms with Crippen LogP contribution in [-0.2, 0) is 0 Å². The Morgan fingerprint density at radius 3 is 2.88 bits per heavy atom. The molecule has 0 bridgehead atoms.